The number of benzene rings is 1. The number of nitrogens with two attached hydrogens (primary N) is 1. The third kappa shape index (κ3) is 4.81. The minimum Gasteiger partial charge on any atom is -0.492 e. The van der Waals surface area contributed by atoms with Crippen molar-refractivity contribution in [3.8, 4) is 5.75 Å². The van der Waals surface area contributed by atoms with Gasteiger partial charge in [0.1, 0.15) is 24.2 Å². The lowest BCUT2D eigenvalue weighted by Crippen LogP contribution is -2.50. The molecule has 0 radical (unpaired) electrons. The van der Waals surface area contributed by atoms with Crippen LogP contribution in [-0.4, -0.2) is 85.8 Å². The first-order valence-corrected chi connectivity index (χ1v) is 12.4. The fourth-order valence-electron chi connectivity index (χ4n) is 5.32. The van der Waals surface area contributed by atoms with E-state index in [1.54, 1.807) is 30.4 Å². The van der Waals surface area contributed by atoms with Crippen LogP contribution in [0.2, 0.25) is 0 Å². The summed E-state index contributed by atoms with van der Waals surface area (Å²) in [7, 11) is 1.76. The van der Waals surface area contributed by atoms with Gasteiger partial charge in [-0.05, 0) is 69.5 Å². The first-order valence-electron chi connectivity index (χ1n) is 12.4. The number of amides is 1. The van der Waals surface area contributed by atoms with Gasteiger partial charge in [0.15, 0.2) is 11.5 Å². The molecule has 3 N–H and O–H groups in total. The van der Waals surface area contributed by atoms with Crippen molar-refractivity contribution in [2.75, 3.05) is 39.0 Å². The number of hydrogen-bond acceptors (Lipinski definition) is 8. The van der Waals surface area contributed by atoms with Crippen molar-refractivity contribution in [1.82, 2.24) is 29.3 Å². The molecule has 3 atom stereocenters. The first-order chi connectivity index (χ1) is 17.0. The zero-order chi connectivity index (χ0) is 24.4. The van der Waals surface area contributed by atoms with Gasteiger partial charge in [-0.15, -0.1) is 0 Å². The number of likely N-dealkylation sites (N-methyl/N-ethyl adjacent to an activating group) is 1. The van der Waals surface area contributed by atoms with Gasteiger partial charge < -0.3 is 25.0 Å². The molecule has 1 amide bonds. The topological polar surface area (TPSA) is 123 Å². The van der Waals surface area contributed by atoms with Crippen LogP contribution >= 0.6 is 0 Å². The van der Waals surface area contributed by atoms with Crippen molar-refractivity contribution in [3.05, 3.63) is 42.5 Å². The SMILES string of the molecule is CN(C(=O)c1ccc(OCCN2CCCC2)cc1)[C@@H]1CCC[C@@H](n2cnc3c(N)ncnc32)[C@@H]1O. The smallest absolute Gasteiger partial charge is 0.253 e. The van der Waals surface area contributed by atoms with Crippen molar-refractivity contribution in [2.24, 2.45) is 0 Å². The average molecular weight is 480 g/mol. The van der Waals surface area contributed by atoms with Gasteiger partial charge in [0.25, 0.3) is 5.91 Å². The predicted molar refractivity (Wildman–Crippen MR) is 132 cm³/mol. The number of nitrogens with zero attached hydrogens (tertiary/aromatic N) is 6. The van der Waals surface area contributed by atoms with E-state index in [0.717, 1.165) is 44.6 Å². The van der Waals surface area contributed by atoms with Crippen LogP contribution in [0.5, 0.6) is 5.75 Å². The molecule has 1 saturated carbocycles. The summed E-state index contributed by atoms with van der Waals surface area (Å²) < 4.78 is 7.72. The molecule has 186 valence electrons. The second-order valence-electron chi connectivity index (χ2n) is 9.48. The van der Waals surface area contributed by atoms with Gasteiger partial charge in [0.05, 0.1) is 24.5 Å². The van der Waals surface area contributed by atoms with Crippen molar-refractivity contribution in [3.63, 3.8) is 0 Å². The maximum Gasteiger partial charge on any atom is 0.253 e. The van der Waals surface area contributed by atoms with Gasteiger partial charge in [-0.2, -0.15) is 0 Å². The number of aliphatic hydroxyl groups is 1. The summed E-state index contributed by atoms with van der Waals surface area (Å²) in [4.78, 5) is 30.0. The Morgan fingerprint density at radius 2 is 1.91 bits per heavy atom. The van der Waals surface area contributed by atoms with Gasteiger partial charge in [-0.1, -0.05) is 0 Å². The second-order valence-corrected chi connectivity index (χ2v) is 9.48. The van der Waals surface area contributed by atoms with Crippen molar-refractivity contribution >= 4 is 22.9 Å². The summed E-state index contributed by atoms with van der Waals surface area (Å²) in [5.41, 5.74) is 7.61. The van der Waals surface area contributed by atoms with Crippen LogP contribution in [-0.2, 0) is 0 Å². The Morgan fingerprint density at radius 3 is 2.69 bits per heavy atom. The number of aromatic nitrogens is 4. The van der Waals surface area contributed by atoms with Gasteiger partial charge in [0, 0.05) is 19.2 Å². The van der Waals surface area contributed by atoms with Crippen molar-refractivity contribution in [1.29, 1.82) is 0 Å². The number of hydrogen-bond donors (Lipinski definition) is 2. The molecule has 10 nitrogen and oxygen atoms in total. The highest BCUT2D eigenvalue weighted by Crippen LogP contribution is 2.34. The van der Waals surface area contributed by atoms with Crippen LogP contribution in [0.1, 0.15) is 48.5 Å². The number of carbonyl (C=O) groups excluding carboxylic acids is 1. The molecule has 2 fully saturated rings. The Bertz CT molecular complexity index is 1160. The number of anilines is 1. The van der Waals surface area contributed by atoms with E-state index >= 15 is 0 Å². The highest BCUT2D eigenvalue weighted by atomic mass is 16.5. The molecule has 1 aliphatic carbocycles. The predicted octanol–water partition coefficient (Wildman–Crippen LogP) is 2.11. The zero-order valence-electron chi connectivity index (χ0n) is 20.1. The molecule has 3 aromatic rings. The lowest BCUT2D eigenvalue weighted by molar-refractivity contribution is 0.0000835. The number of aliphatic hydroxyl groups excluding tert-OH is 1. The molecular weight excluding hydrogens is 446 g/mol. The molecule has 0 bridgehead atoms. The molecule has 0 unspecified atom stereocenters. The molecule has 2 aromatic heterocycles. The van der Waals surface area contributed by atoms with E-state index in [1.165, 1.54) is 19.2 Å². The molecule has 0 spiro atoms. The van der Waals surface area contributed by atoms with E-state index in [9.17, 15) is 9.90 Å². The van der Waals surface area contributed by atoms with Gasteiger partial charge in [-0.25, -0.2) is 15.0 Å². The number of carbonyl (C=O) groups is 1. The number of rotatable bonds is 7. The van der Waals surface area contributed by atoms with Crippen LogP contribution in [0.4, 0.5) is 5.82 Å². The fraction of sp³-hybridized carbons (Fsp3) is 0.520. The summed E-state index contributed by atoms with van der Waals surface area (Å²) in [5.74, 6) is 0.946. The van der Waals surface area contributed by atoms with Crippen LogP contribution in [0, 0.1) is 0 Å². The number of imidazole rings is 1. The third-order valence-electron chi connectivity index (χ3n) is 7.33. The van der Waals surface area contributed by atoms with Crippen molar-refractivity contribution < 1.29 is 14.6 Å². The van der Waals surface area contributed by atoms with Crippen LogP contribution < -0.4 is 10.5 Å². The van der Waals surface area contributed by atoms with E-state index in [0.29, 0.717) is 29.2 Å². The van der Waals surface area contributed by atoms with Crippen LogP contribution in [0.25, 0.3) is 11.2 Å². The Labute approximate surface area is 204 Å². The van der Waals surface area contributed by atoms with E-state index in [4.69, 9.17) is 10.5 Å². The lowest BCUT2D eigenvalue weighted by atomic mass is 9.86. The summed E-state index contributed by atoms with van der Waals surface area (Å²) >= 11 is 0. The quantitative estimate of drug-likeness (QED) is 0.528. The van der Waals surface area contributed by atoms with Crippen LogP contribution in [0.3, 0.4) is 0 Å². The van der Waals surface area contributed by atoms with E-state index in [2.05, 4.69) is 19.9 Å². The highest BCUT2D eigenvalue weighted by molar-refractivity contribution is 5.94. The normalized spacial score (nSPS) is 23.0. The van der Waals surface area contributed by atoms with Crippen molar-refractivity contribution in [2.45, 2.75) is 50.3 Å². The van der Waals surface area contributed by atoms with Gasteiger partial charge >= 0.3 is 0 Å². The summed E-state index contributed by atoms with van der Waals surface area (Å²) in [6, 6.07) is 6.68. The number of fused-ring (bicyclic) bond motifs is 1. The average Bonchev–Trinajstić information content (AvgIpc) is 3.55. The maximum atomic E-state index is 13.3. The molecule has 35 heavy (non-hydrogen) atoms. The van der Waals surface area contributed by atoms with E-state index in [1.807, 2.05) is 16.7 Å². The molecule has 10 heteroatoms. The molecular formula is C25H33N7O3. The van der Waals surface area contributed by atoms with E-state index in [-0.39, 0.29) is 18.0 Å². The first kappa shape index (κ1) is 23.5. The zero-order valence-corrected chi connectivity index (χ0v) is 20.1. The maximum absolute atomic E-state index is 13.3. The Hall–Kier alpha value is -3.24. The van der Waals surface area contributed by atoms with E-state index < -0.39 is 6.10 Å². The standard InChI is InChI=1S/C25H33N7O3/c1-30(25(34)17-7-9-18(10-8-17)35-14-13-31-11-2-3-12-31)19-5-4-6-20(22(19)33)32-16-29-21-23(26)27-15-28-24(21)32/h7-10,15-16,19-20,22,33H,2-6,11-14H2,1H3,(H2,26,27,28)/t19-,20-,22-/m1/s1. The second kappa shape index (κ2) is 10.2. The number of ether oxygens (including phenoxy) is 1. The molecule has 1 aliphatic heterocycles. The molecule has 1 saturated heterocycles. The Kier molecular flexibility index (Phi) is 6.83. The van der Waals surface area contributed by atoms with Gasteiger partial charge in [-0.3, -0.25) is 9.69 Å². The monoisotopic (exact) mass is 479 g/mol. The molecule has 5 rings (SSSR count). The largest absolute Gasteiger partial charge is 0.492 e. The highest BCUT2D eigenvalue weighted by Gasteiger charge is 2.38. The third-order valence-corrected chi connectivity index (χ3v) is 7.33. The van der Waals surface area contributed by atoms with Crippen LogP contribution in [0.15, 0.2) is 36.9 Å². The Balaban J connectivity index is 1.23. The fourth-order valence-corrected chi connectivity index (χ4v) is 5.32. The summed E-state index contributed by atoms with van der Waals surface area (Å²) in [6.45, 7) is 3.86. The summed E-state index contributed by atoms with van der Waals surface area (Å²) in [5, 5.41) is 11.3. The molecule has 2 aliphatic rings. The number of nitrogen functional groups attached to an aromatic ring is 1. The van der Waals surface area contributed by atoms with Gasteiger partial charge in [0.2, 0.25) is 0 Å². The minimum atomic E-state index is -0.764. The minimum absolute atomic E-state index is 0.125. The molecule has 3 heterocycles. The summed E-state index contributed by atoms with van der Waals surface area (Å²) in [6.07, 6.45) is 7.17. The lowest BCUT2D eigenvalue weighted by Gasteiger charge is -2.40. The Morgan fingerprint density at radius 1 is 1.14 bits per heavy atom. The molecule has 1 aromatic carbocycles. The number of likely N-dealkylation sites (tertiary alicyclic amines) is 1.